The van der Waals surface area contributed by atoms with Crippen molar-refractivity contribution in [2.24, 2.45) is 0 Å². The van der Waals surface area contributed by atoms with Gasteiger partial charge in [0.15, 0.2) is 0 Å². The first kappa shape index (κ1) is 16.5. The van der Waals surface area contributed by atoms with Crippen LogP contribution in [0.15, 0.2) is 48.5 Å². The van der Waals surface area contributed by atoms with Crippen LogP contribution in [0.3, 0.4) is 0 Å². The summed E-state index contributed by atoms with van der Waals surface area (Å²) in [4.78, 5) is 39.2. The van der Waals surface area contributed by atoms with Crippen LogP contribution < -0.4 is 0 Å². The molecule has 0 aromatic heterocycles. The molecule has 0 atom stereocenters. The maximum atomic E-state index is 12.8. The largest absolute Gasteiger partial charge is 0.335 e. The highest BCUT2D eigenvalue weighted by molar-refractivity contribution is 6.02. The standard InChI is InChI=1S/C21H20N2O3/c1-22(18(24)12-13-23-19(25)10-11-20(23)26)21-16-8-4-2-6-14(16)15-7-3-5-9-17(15)21/h2-9,21H,10-13H2,1H3. The smallest absolute Gasteiger partial charge is 0.229 e. The van der Waals surface area contributed by atoms with E-state index < -0.39 is 0 Å². The molecule has 0 spiro atoms. The zero-order valence-electron chi connectivity index (χ0n) is 14.6. The summed E-state index contributed by atoms with van der Waals surface area (Å²) >= 11 is 0. The molecule has 1 heterocycles. The second-order valence-electron chi connectivity index (χ2n) is 6.77. The van der Waals surface area contributed by atoms with Gasteiger partial charge in [0.1, 0.15) is 0 Å². The van der Waals surface area contributed by atoms with E-state index in [-0.39, 0.29) is 49.6 Å². The van der Waals surface area contributed by atoms with Crippen LogP contribution in [0.1, 0.15) is 36.4 Å². The third-order valence-corrected chi connectivity index (χ3v) is 5.29. The van der Waals surface area contributed by atoms with Crippen molar-refractivity contribution in [3.8, 4) is 11.1 Å². The maximum Gasteiger partial charge on any atom is 0.229 e. The van der Waals surface area contributed by atoms with Gasteiger partial charge in [0.2, 0.25) is 17.7 Å². The molecular formula is C21H20N2O3. The highest BCUT2D eigenvalue weighted by Crippen LogP contribution is 2.45. The Hall–Kier alpha value is -2.95. The fourth-order valence-corrected chi connectivity index (χ4v) is 3.95. The van der Waals surface area contributed by atoms with Gasteiger partial charge in [0.05, 0.1) is 6.04 Å². The van der Waals surface area contributed by atoms with Crippen molar-refractivity contribution in [1.82, 2.24) is 9.80 Å². The molecule has 1 saturated heterocycles. The maximum absolute atomic E-state index is 12.8. The first-order valence-electron chi connectivity index (χ1n) is 8.85. The summed E-state index contributed by atoms with van der Waals surface area (Å²) in [5, 5.41) is 0. The lowest BCUT2D eigenvalue weighted by atomic mass is 10.0. The Morgan fingerprint density at radius 3 is 2.00 bits per heavy atom. The minimum absolute atomic E-state index is 0.0750. The average Bonchev–Trinajstić information content (AvgIpc) is 3.16. The summed E-state index contributed by atoms with van der Waals surface area (Å²) in [6.45, 7) is 0.164. The van der Waals surface area contributed by atoms with Gasteiger partial charge >= 0.3 is 0 Å². The molecule has 2 aromatic carbocycles. The van der Waals surface area contributed by atoms with Crippen LogP contribution in [-0.2, 0) is 14.4 Å². The van der Waals surface area contributed by atoms with E-state index in [2.05, 4.69) is 24.3 Å². The molecule has 5 heteroatoms. The van der Waals surface area contributed by atoms with Gasteiger partial charge in [0, 0.05) is 32.9 Å². The second-order valence-corrected chi connectivity index (χ2v) is 6.77. The molecule has 0 bridgehead atoms. The second kappa shape index (κ2) is 6.41. The van der Waals surface area contributed by atoms with E-state index in [0.29, 0.717) is 0 Å². The van der Waals surface area contributed by atoms with E-state index in [4.69, 9.17) is 0 Å². The molecule has 132 valence electrons. The zero-order chi connectivity index (χ0) is 18.3. The van der Waals surface area contributed by atoms with Crippen molar-refractivity contribution in [3.05, 3.63) is 59.7 Å². The molecule has 0 saturated carbocycles. The highest BCUT2D eigenvalue weighted by Gasteiger charge is 2.34. The Balaban J connectivity index is 1.56. The number of imide groups is 1. The fraction of sp³-hybridized carbons (Fsp3) is 0.286. The minimum Gasteiger partial charge on any atom is -0.335 e. The number of nitrogens with zero attached hydrogens (tertiary/aromatic N) is 2. The number of likely N-dealkylation sites (tertiary alicyclic amines) is 1. The Morgan fingerprint density at radius 2 is 1.46 bits per heavy atom. The van der Waals surface area contributed by atoms with Gasteiger partial charge in [-0.3, -0.25) is 19.3 Å². The molecule has 26 heavy (non-hydrogen) atoms. The van der Waals surface area contributed by atoms with Crippen molar-refractivity contribution < 1.29 is 14.4 Å². The Kier molecular flexibility index (Phi) is 4.07. The lowest BCUT2D eigenvalue weighted by molar-refractivity contribution is -0.139. The molecule has 0 unspecified atom stereocenters. The average molecular weight is 348 g/mol. The number of fused-ring (bicyclic) bond motifs is 3. The molecule has 4 rings (SSSR count). The summed E-state index contributed by atoms with van der Waals surface area (Å²) in [6.07, 6.45) is 0.660. The van der Waals surface area contributed by atoms with Gasteiger partial charge in [-0.15, -0.1) is 0 Å². The third-order valence-electron chi connectivity index (χ3n) is 5.29. The Morgan fingerprint density at radius 1 is 0.962 bits per heavy atom. The molecule has 2 aromatic rings. The van der Waals surface area contributed by atoms with Gasteiger partial charge in [-0.1, -0.05) is 48.5 Å². The van der Waals surface area contributed by atoms with Crippen LogP contribution in [0.5, 0.6) is 0 Å². The highest BCUT2D eigenvalue weighted by atomic mass is 16.2. The number of benzene rings is 2. The molecule has 1 aliphatic heterocycles. The SMILES string of the molecule is CN(C(=O)CCN1C(=O)CCC1=O)C1c2ccccc2-c2ccccc21. The van der Waals surface area contributed by atoms with Crippen molar-refractivity contribution in [3.63, 3.8) is 0 Å². The predicted molar refractivity (Wildman–Crippen MR) is 97.1 cm³/mol. The minimum atomic E-state index is -0.179. The quantitative estimate of drug-likeness (QED) is 0.799. The third kappa shape index (κ3) is 2.60. The number of hydrogen-bond donors (Lipinski definition) is 0. The van der Waals surface area contributed by atoms with Crippen LogP contribution in [0.2, 0.25) is 0 Å². The summed E-state index contributed by atoms with van der Waals surface area (Å²) < 4.78 is 0. The number of carbonyl (C=O) groups excluding carboxylic acids is 3. The first-order valence-corrected chi connectivity index (χ1v) is 8.85. The van der Waals surface area contributed by atoms with Crippen molar-refractivity contribution in [1.29, 1.82) is 0 Å². The van der Waals surface area contributed by atoms with Crippen molar-refractivity contribution in [2.45, 2.75) is 25.3 Å². The van der Waals surface area contributed by atoms with Gasteiger partial charge < -0.3 is 4.90 Å². The number of rotatable bonds is 4. The Bertz CT molecular complexity index is 844. The molecule has 0 N–H and O–H groups in total. The topological polar surface area (TPSA) is 57.7 Å². The molecule has 3 amide bonds. The monoisotopic (exact) mass is 348 g/mol. The molecule has 2 aliphatic rings. The zero-order valence-corrected chi connectivity index (χ0v) is 14.6. The van der Waals surface area contributed by atoms with Gasteiger partial charge in [-0.2, -0.15) is 0 Å². The summed E-state index contributed by atoms with van der Waals surface area (Å²) in [5.41, 5.74) is 4.52. The molecule has 1 fully saturated rings. The summed E-state index contributed by atoms with van der Waals surface area (Å²) in [5.74, 6) is -0.432. The summed E-state index contributed by atoms with van der Waals surface area (Å²) in [6, 6.07) is 16.1. The van der Waals surface area contributed by atoms with E-state index in [1.54, 1.807) is 11.9 Å². The molecule has 0 radical (unpaired) electrons. The van der Waals surface area contributed by atoms with Gasteiger partial charge in [0.25, 0.3) is 0 Å². The van der Waals surface area contributed by atoms with Crippen molar-refractivity contribution in [2.75, 3.05) is 13.6 Å². The van der Waals surface area contributed by atoms with Crippen LogP contribution in [-0.4, -0.2) is 41.1 Å². The number of amides is 3. The van der Waals surface area contributed by atoms with Gasteiger partial charge in [-0.25, -0.2) is 0 Å². The first-order chi connectivity index (χ1) is 12.6. The predicted octanol–water partition coefficient (Wildman–Crippen LogP) is 2.75. The molecule has 1 aliphatic carbocycles. The van der Waals surface area contributed by atoms with Crippen LogP contribution in [0.25, 0.3) is 11.1 Å². The van der Waals surface area contributed by atoms with Gasteiger partial charge in [-0.05, 0) is 22.3 Å². The van der Waals surface area contributed by atoms with Crippen LogP contribution >= 0.6 is 0 Å². The lowest BCUT2D eigenvalue weighted by Gasteiger charge is -2.27. The fourth-order valence-electron chi connectivity index (χ4n) is 3.95. The summed E-state index contributed by atoms with van der Waals surface area (Å²) in [7, 11) is 1.79. The Labute approximate surface area is 152 Å². The van der Waals surface area contributed by atoms with E-state index in [0.717, 1.165) is 22.3 Å². The van der Waals surface area contributed by atoms with E-state index in [1.807, 2.05) is 24.3 Å². The van der Waals surface area contributed by atoms with Crippen LogP contribution in [0.4, 0.5) is 0 Å². The van der Waals surface area contributed by atoms with Crippen molar-refractivity contribution >= 4 is 17.7 Å². The molecule has 5 nitrogen and oxygen atoms in total. The van der Waals surface area contributed by atoms with E-state index in [9.17, 15) is 14.4 Å². The lowest BCUT2D eigenvalue weighted by Crippen LogP contribution is -2.36. The van der Waals surface area contributed by atoms with E-state index in [1.165, 1.54) is 4.90 Å². The number of carbonyl (C=O) groups is 3. The normalized spacial score (nSPS) is 16.0. The van der Waals surface area contributed by atoms with E-state index >= 15 is 0 Å². The number of hydrogen-bond acceptors (Lipinski definition) is 3. The molecular weight excluding hydrogens is 328 g/mol. The van der Waals surface area contributed by atoms with Crippen LogP contribution in [0, 0.1) is 0 Å².